The smallest absolute Gasteiger partial charge is 0.257 e. The zero-order chi connectivity index (χ0) is 19.2. The van der Waals surface area contributed by atoms with Crippen molar-refractivity contribution in [2.45, 2.75) is 13.0 Å². The maximum Gasteiger partial charge on any atom is 0.257 e. The molecule has 27 heavy (non-hydrogen) atoms. The zero-order valence-electron chi connectivity index (χ0n) is 15.8. The van der Waals surface area contributed by atoms with Gasteiger partial charge >= 0.3 is 0 Å². The molecule has 2 aromatic carbocycles. The van der Waals surface area contributed by atoms with E-state index < -0.39 is 0 Å². The lowest BCUT2D eigenvalue weighted by Crippen LogP contribution is -2.35. The van der Waals surface area contributed by atoms with Crippen LogP contribution in [0.1, 0.15) is 22.3 Å². The lowest BCUT2D eigenvalue weighted by molar-refractivity contribution is 0.0757. The number of para-hydroxylation sites is 1. The Bertz CT molecular complexity index is 779. The molecule has 0 bridgehead atoms. The van der Waals surface area contributed by atoms with Gasteiger partial charge in [-0.25, -0.2) is 0 Å². The van der Waals surface area contributed by atoms with Crippen LogP contribution in [0.4, 0.5) is 0 Å². The predicted octanol–water partition coefficient (Wildman–Crippen LogP) is 3.71. The van der Waals surface area contributed by atoms with Crippen LogP contribution in [-0.4, -0.2) is 56.1 Å². The van der Waals surface area contributed by atoms with Gasteiger partial charge < -0.3 is 14.4 Å². The number of halogens is 1. The van der Waals surface area contributed by atoms with Gasteiger partial charge in [0.25, 0.3) is 5.91 Å². The highest BCUT2D eigenvalue weighted by atomic mass is 35.5. The summed E-state index contributed by atoms with van der Waals surface area (Å²) in [4.78, 5) is 17.3. The Morgan fingerprint density at radius 1 is 1.00 bits per heavy atom. The number of methoxy groups -OCH3 is 2. The molecular weight excluding hydrogens is 364 g/mol. The molecule has 0 spiro atoms. The lowest BCUT2D eigenvalue weighted by atomic mass is 10.1. The monoisotopic (exact) mass is 388 g/mol. The van der Waals surface area contributed by atoms with E-state index in [1.807, 2.05) is 23.1 Å². The van der Waals surface area contributed by atoms with Gasteiger partial charge in [0.15, 0.2) is 11.5 Å². The average Bonchev–Trinajstić information content (AvgIpc) is 2.94. The van der Waals surface area contributed by atoms with Crippen molar-refractivity contribution in [1.82, 2.24) is 9.80 Å². The van der Waals surface area contributed by atoms with Crippen LogP contribution in [0.25, 0.3) is 0 Å². The molecule has 0 N–H and O–H groups in total. The molecule has 1 saturated heterocycles. The minimum Gasteiger partial charge on any atom is -0.493 e. The van der Waals surface area contributed by atoms with E-state index >= 15 is 0 Å². The number of benzene rings is 2. The van der Waals surface area contributed by atoms with Gasteiger partial charge in [0.1, 0.15) is 0 Å². The molecule has 1 amide bonds. The first kappa shape index (κ1) is 19.5. The molecule has 1 heterocycles. The van der Waals surface area contributed by atoms with E-state index in [2.05, 4.69) is 17.0 Å². The van der Waals surface area contributed by atoms with Crippen LogP contribution in [0.2, 0.25) is 5.02 Å². The van der Waals surface area contributed by atoms with Crippen molar-refractivity contribution in [1.29, 1.82) is 0 Å². The zero-order valence-corrected chi connectivity index (χ0v) is 16.5. The van der Waals surface area contributed by atoms with Crippen molar-refractivity contribution in [2.75, 3.05) is 40.4 Å². The van der Waals surface area contributed by atoms with E-state index in [9.17, 15) is 4.79 Å². The van der Waals surface area contributed by atoms with E-state index in [-0.39, 0.29) is 5.91 Å². The third-order valence-corrected chi connectivity index (χ3v) is 5.08. The number of amides is 1. The van der Waals surface area contributed by atoms with Gasteiger partial charge in [-0.3, -0.25) is 9.69 Å². The maximum atomic E-state index is 13.1. The average molecular weight is 389 g/mol. The van der Waals surface area contributed by atoms with E-state index in [0.29, 0.717) is 23.6 Å². The molecule has 1 aliphatic heterocycles. The van der Waals surface area contributed by atoms with Crippen molar-refractivity contribution in [3.8, 4) is 11.5 Å². The highest BCUT2D eigenvalue weighted by Crippen LogP contribution is 2.31. The molecule has 3 rings (SSSR count). The van der Waals surface area contributed by atoms with E-state index in [1.165, 1.54) is 5.56 Å². The molecular formula is C21H25ClN2O3. The van der Waals surface area contributed by atoms with Gasteiger partial charge in [-0.2, -0.15) is 0 Å². The van der Waals surface area contributed by atoms with Crippen molar-refractivity contribution in [3.05, 3.63) is 58.6 Å². The van der Waals surface area contributed by atoms with Gasteiger partial charge in [0, 0.05) is 37.7 Å². The van der Waals surface area contributed by atoms with E-state index in [1.54, 1.807) is 26.4 Å². The second kappa shape index (κ2) is 9.11. The number of ether oxygens (including phenoxy) is 2. The van der Waals surface area contributed by atoms with Crippen LogP contribution in [0, 0.1) is 0 Å². The maximum absolute atomic E-state index is 13.1. The molecule has 0 unspecified atom stereocenters. The fraction of sp³-hybridized carbons (Fsp3) is 0.381. The Hall–Kier alpha value is -2.24. The Morgan fingerprint density at radius 3 is 2.48 bits per heavy atom. The Morgan fingerprint density at radius 2 is 1.78 bits per heavy atom. The van der Waals surface area contributed by atoms with Gasteiger partial charge in [-0.15, -0.1) is 0 Å². The third kappa shape index (κ3) is 4.73. The number of hydrogen-bond acceptors (Lipinski definition) is 4. The van der Waals surface area contributed by atoms with E-state index in [0.717, 1.165) is 37.6 Å². The second-order valence-corrected chi connectivity index (χ2v) is 7.03. The number of carbonyl (C=O) groups excluding carboxylic acids is 1. The topological polar surface area (TPSA) is 42.0 Å². The van der Waals surface area contributed by atoms with E-state index in [4.69, 9.17) is 21.1 Å². The summed E-state index contributed by atoms with van der Waals surface area (Å²) in [5, 5.41) is 0.749. The molecule has 0 atom stereocenters. The highest BCUT2D eigenvalue weighted by molar-refractivity contribution is 6.30. The van der Waals surface area contributed by atoms with Crippen LogP contribution in [0.3, 0.4) is 0 Å². The predicted molar refractivity (Wildman–Crippen MR) is 107 cm³/mol. The summed E-state index contributed by atoms with van der Waals surface area (Å²) in [6.45, 7) is 4.08. The lowest BCUT2D eigenvalue weighted by Gasteiger charge is -2.23. The molecule has 6 heteroatoms. The number of hydrogen-bond donors (Lipinski definition) is 0. The third-order valence-electron chi connectivity index (χ3n) is 4.83. The molecule has 5 nitrogen and oxygen atoms in total. The molecule has 0 aromatic heterocycles. The standard InChI is InChI=1S/C21H25ClN2O3/c1-26-19-6-3-5-18(20(19)27-2)21(25)24-12-4-11-23(13-14-24)15-16-7-9-17(22)10-8-16/h3,5-10H,4,11-15H2,1-2H3. The number of carbonyl (C=O) groups is 1. The van der Waals surface area contributed by atoms with Crippen LogP contribution in [-0.2, 0) is 6.54 Å². The first-order valence-electron chi connectivity index (χ1n) is 9.09. The van der Waals surface area contributed by atoms with Crippen LogP contribution >= 0.6 is 11.6 Å². The molecule has 144 valence electrons. The SMILES string of the molecule is COc1cccc(C(=O)N2CCCN(Cc3ccc(Cl)cc3)CC2)c1OC. The molecule has 2 aromatic rings. The molecule has 1 aliphatic rings. The normalized spacial score (nSPS) is 15.3. The summed E-state index contributed by atoms with van der Waals surface area (Å²) in [5.74, 6) is 1.05. The van der Waals surface area contributed by atoms with Gasteiger partial charge in [0.05, 0.1) is 19.8 Å². The summed E-state index contributed by atoms with van der Waals surface area (Å²) < 4.78 is 10.7. The van der Waals surface area contributed by atoms with Gasteiger partial charge in [-0.05, 0) is 36.2 Å². The Labute approximate surface area is 165 Å². The van der Waals surface area contributed by atoms with Crippen molar-refractivity contribution in [2.24, 2.45) is 0 Å². The fourth-order valence-corrected chi connectivity index (χ4v) is 3.53. The van der Waals surface area contributed by atoms with Gasteiger partial charge in [-0.1, -0.05) is 29.8 Å². The fourth-order valence-electron chi connectivity index (χ4n) is 3.41. The Kier molecular flexibility index (Phi) is 6.58. The Balaban J connectivity index is 1.67. The number of rotatable bonds is 5. The van der Waals surface area contributed by atoms with Crippen molar-refractivity contribution in [3.63, 3.8) is 0 Å². The van der Waals surface area contributed by atoms with Crippen LogP contribution in [0.5, 0.6) is 11.5 Å². The van der Waals surface area contributed by atoms with Crippen molar-refractivity contribution >= 4 is 17.5 Å². The first-order chi connectivity index (χ1) is 13.1. The van der Waals surface area contributed by atoms with Crippen molar-refractivity contribution < 1.29 is 14.3 Å². The number of nitrogens with zero attached hydrogens (tertiary/aromatic N) is 2. The second-order valence-electron chi connectivity index (χ2n) is 6.59. The summed E-state index contributed by atoms with van der Waals surface area (Å²) in [5.41, 5.74) is 1.77. The molecule has 0 saturated carbocycles. The summed E-state index contributed by atoms with van der Waals surface area (Å²) >= 11 is 5.96. The first-order valence-corrected chi connectivity index (χ1v) is 9.47. The van der Waals surface area contributed by atoms with Gasteiger partial charge in [0.2, 0.25) is 0 Å². The molecule has 1 fully saturated rings. The van der Waals surface area contributed by atoms with Crippen LogP contribution in [0.15, 0.2) is 42.5 Å². The quantitative estimate of drug-likeness (QED) is 0.783. The minimum absolute atomic E-state index is 0.0147. The summed E-state index contributed by atoms with van der Waals surface area (Å²) in [6.07, 6.45) is 0.936. The molecule has 0 aliphatic carbocycles. The minimum atomic E-state index is -0.0147. The summed E-state index contributed by atoms with van der Waals surface area (Å²) in [7, 11) is 3.14. The largest absolute Gasteiger partial charge is 0.493 e. The summed E-state index contributed by atoms with van der Waals surface area (Å²) in [6, 6.07) is 13.3. The molecule has 0 radical (unpaired) electrons. The highest BCUT2D eigenvalue weighted by Gasteiger charge is 2.24. The van der Waals surface area contributed by atoms with Crippen LogP contribution < -0.4 is 9.47 Å².